The molecule has 68 valence electrons. The van der Waals surface area contributed by atoms with Crippen LogP contribution in [0.2, 0.25) is 0 Å². The molecule has 1 atom stereocenters. The molecule has 0 aromatic carbocycles. The molecule has 0 saturated heterocycles. The predicted molar refractivity (Wildman–Crippen MR) is 45.9 cm³/mol. The Balaban J connectivity index is 2.29. The summed E-state index contributed by atoms with van der Waals surface area (Å²) in [7, 11) is 0. The second kappa shape index (κ2) is 3.89. The predicted octanol–water partition coefficient (Wildman–Crippen LogP) is 1.69. The molecule has 12 heavy (non-hydrogen) atoms. The number of hydrogen-bond donors (Lipinski definition) is 1. The quantitative estimate of drug-likeness (QED) is 0.309. The number of azide groups is 1. The maximum Gasteiger partial charge on any atom is 0.152 e. The van der Waals surface area contributed by atoms with Crippen molar-refractivity contribution in [2.24, 2.45) is 10.5 Å². The van der Waals surface area contributed by atoms with Crippen molar-refractivity contribution < 1.29 is 8.76 Å². The summed E-state index contributed by atoms with van der Waals surface area (Å²) >= 11 is -1.71. The zero-order chi connectivity index (χ0) is 9.03. The van der Waals surface area contributed by atoms with Crippen molar-refractivity contribution in [3.63, 3.8) is 0 Å². The Morgan fingerprint density at radius 2 is 2.33 bits per heavy atom. The molecule has 5 nitrogen and oxygen atoms in total. The molecular formula is C6H11N3O2S. The van der Waals surface area contributed by atoms with Gasteiger partial charge in [0, 0.05) is 17.2 Å². The molecule has 0 heterocycles. The lowest BCUT2D eigenvalue weighted by Gasteiger charge is -2.08. The van der Waals surface area contributed by atoms with Crippen LogP contribution in [0.5, 0.6) is 0 Å². The summed E-state index contributed by atoms with van der Waals surface area (Å²) in [6.07, 6.45) is 2.72. The SMILES string of the molecule is [N-]=[N+]=NCC1(CCS(=O)O)CC1. The van der Waals surface area contributed by atoms with Gasteiger partial charge in [0.2, 0.25) is 0 Å². The van der Waals surface area contributed by atoms with Crippen molar-refractivity contribution in [2.75, 3.05) is 12.3 Å². The highest BCUT2D eigenvalue weighted by atomic mass is 32.2. The van der Waals surface area contributed by atoms with Crippen LogP contribution in [0.1, 0.15) is 19.3 Å². The van der Waals surface area contributed by atoms with Crippen molar-refractivity contribution in [1.29, 1.82) is 0 Å². The Bertz CT molecular complexity index is 233. The molecule has 0 bridgehead atoms. The summed E-state index contributed by atoms with van der Waals surface area (Å²) in [5.74, 6) is 0.293. The molecular weight excluding hydrogens is 178 g/mol. The smallest absolute Gasteiger partial charge is 0.152 e. The van der Waals surface area contributed by atoms with Gasteiger partial charge in [-0.2, -0.15) is 0 Å². The second-order valence-electron chi connectivity index (χ2n) is 3.16. The van der Waals surface area contributed by atoms with E-state index in [0.717, 1.165) is 12.8 Å². The average molecular weight is 189 g/mol. The first-order chi connectivity index (χ1) is 5.68. The Morgan fingerprint density at radius 1 is 1.67 bits per heavy atom. The van der Waals surface area contributed by atoms with E-state index in [9.17, 15) is 4.21 Å². The van der Waals surface area contributed by atoms with Crippen LogP contribution in [0.15, 0.2) is 5.11 Å². The third kappa shape index (κ3) is 2.81. The molecule has 1 saturated carbocycles. The molecule has 6 heteroatoms. The molecule has 1 unspecified atom stereocenters. The molecule has 1 aliphatic rings. The van der Waals surface area contributed by atoms with E-state index in [1.54, 1.807) is 0 Å². The Labute approximate surface area is 73.1 Å². The fraction of sp³-hybridized carbons (Fsp3) is 1.00. The van der Waals surface area contributed by atoms with E-state index in [4.69, 9.17) is 10.1 Å². The first-order valence-corrected chi connectivity index (χ1v) is 5.04. The highest BCUT2D eigenvalue weighted by Gasteiger charge is 2.41. The summed E-state index contributed by atoms with van der Waals surface area (Å²) in [5, 5.41) is 3.48. The maximum atomic E-state index is 10.4. The molecule has 0 spiro atoms. The molecule has 1 N–H and O–H groups in total. The molecule has 0 aliphatic heterocycles. The first-order valence-electron chi connectivity index (χ1n) is 3.77. The van der Waals surface area contributed by atoms with Crippen LogP contribution < -0.4 is 0 Å². The molecule has 1 rings (SSSR count). The Morgan fingerprint density at radius 3 is 2.75 bits per heavy atom. The van der Waals surface area contributed by atoms with Gasteiger partial charge in [-0.3, -0.25) is 0 Å². The standard InChI is InChI=1S/C6H11N3O2S/c7-9-8-5-6(1-2-6)3-4-12(10)11/h1-5H2,(H,10,11). The van der Waals surface area contributed by atoms with Crippen LogP contribution in [0.3, 0.4) is 0 Å². The van der Waals surface area contributed by atoms with Gasteiger partial charge in [0.1, 0.15) is 0 Å². The van der Waals surface area contributed by atoms with Gasteiger partial charge in [-0.1, -0.05) is 5.11 Å². The third-order valence-electron chi connectivity index (χ3n) is 2.23. The summed E-state index contributed by atoms with van der Waals surface area (Å²) < 4.78 is 18.9. The minimum atomic E-state index is -1.71. The number of rotatable bonds is 5. The summed E-state index contributed by atoms with van der Waals surface area (Å²) in [5.41, 5.74) is 8.14. The summed E-state index contributed by atoms with van der Waals surface area (Å²) in [6.45, 7) is 0.473. The second-order valence-corrected chi connectivity index (χ2v) is 4.22. The topological polar surface area (TPSA) is 86.1 Å². The van der Waals surface area contributed by atoms with Gasteiger partial charge in [-0.05, 0) is 30.2 Å². The van der Waals surface area contributed by atoms with Gasteiger partial charge in [-0.15, -0.1) is 0 Å². The number of hydrogen-bond acceptors (Lipinski definition) is 2. The van der Waals surface area contributed by atoms with E-state index >= 15 is 0 Å². The van der Waals surface area contributed by atoms with Crippen molar-refractivity contribution in [1.82, 2.24) is 0 Å². The fourth-order valence-corrected chi connectivity index (χ4v) is 1.76. The van der Waals surface area contributed by atoms with Gasteiger partial charge in [0.15, 0.2) is 11.1 Å². The largest absolute Gasteiger partial charge is 0.306 e. The van der Waals surface area contributed by atoms with E-state index in [2.05, 4.69) is 10.0 Å². The van der Waals surface area contributed by atoms with Crippen molar-refractivity contribution in [2.45, 2.75) is 19.3 Å². The van der Waals surface area contributed by atoms with Gasteiger partial charge in [0.05, 0.1) is 0 Å². The van der Waals surface area contributed by atoms with Crippen LogP contribution in [-0.4, -0.2) is 21.1 Å². The molecule has 0 aromatic heterocycles. The van der Waals surface area contributed by atoms with Gasteiger partial charge >= 0.3 is 0 Å². The van der Waals surface area contributed by atoms with Crippen LogP contribution in [0.25, 0.3) is 10.4 Å². The normalized spacial score (nSPS) is 21.1. The van der Waals surface area contributed by atoms with E-state index < -0.39 is 11.1 Å². The molecule has 0 amide bonds. The maximum absolute atomic E-state index is 10.4. The zero-order valence-electron chi connectivity index (χ0n) is 6.64. The van der Waals surface area contributed by atoms with Gasteiger partial charge < -0.3 is 4.55 Å². The van der Waals surface area contributed by atoms with Crippen LogP contribution in [0, 0.1) is 5.41 Å². The highest BCUT2D eigenvalue weighted by Crippen LogP contribution is 2.49. The van der Waals surface area contributed by atoms with Gasteiger partial charge in [-0.25, -0.2) is 4.21 Å². The Hall–Kier alpha value is -0.580. The average Bonchev–Trinajstić information content (AvgIpc) is 2.79. The van der Waals surface area contributed by atoms with Crippen molar-refractivity contribution >= 4 is 11.1 Å². The first kappa shape index (κ1) is 9.51. The molecule has 0 aromatic rings. The zero-order valence-corrected chi connectivity index (χ0v) is 7.46. The van der Waals surface area contributed by atoms with E-state index in [1.807, 2.05) is 0 Å². The van der Waals surface area contributed by atoms with Crippen molar-refractivity contribution in [3.8, 4) is 0 Å². The molecule has 1 fully saturated rings. The monoisotopic (exact) mass is 189 g/mol. The van der Waals surface area contributed by atoms with E-state index in [-0.39, 0.29) is 5.41 Å². The molecule has 0 radical (unpaired) electrons. The summed E-state index contributed by atoms with van der Waals surface area (Å²) in [6, 6.07) is 0. The Kier molecular flexibility index (Phi) is 3.08. The third-order valence-corrected chi connectivity index (χ3v) is 2.79. The highest BCUT2D eigenvalue weighted by molar-refractivity contribution is 7.79. The lowest BCUT2D eigenvalue weighted by molar-refractivity contribution is 0.491. The fourth-order valence-electron chi connectivity index (χ4n) is 1.15. The van der Waals surface area contributed by atoms with Crippen LogP contribution >= 0.6 is 0 Å². The number of nitrogens with zero attached hydrogens (tertiary/aromatic N) is 3. The summed E-state index contributed by atoms with van der Waals surface area (Å²) in [4.78, 5) is 2.67. The van der Waals surface area contributed by atoms with Crippen LogP contribution in [0.4, 0.5) is 0 Å². The van der Waals surface area contributed by atoms with E-state index in [1.165, 1.54) is 0 Å². The van der Waals surface area contributed by atoms with E-state index in [0.29, 0.717) is 18.7 Å². The minimum Gasteiger partial charge on any atom is -0.306 e. The van der Waals surface area contributed by atoms with Crippen molar-refractivity contribution in [3.05, 3.63) is 10.4 Å². The minimum absolute atomic E-state index is 0.0601. The van der Waals surface area contributed by atoms with Gasteiger partial charge in [0.25, 0.3) is 0 Å². The molecule has 1 aliphatic carbocycles. The lowest BCUT2D eigenvalue weighted by Crippen LogP contribution is -2.09. The van der Waals surface area contributed by atoms with Crippen LogP contribution in [-0.2, 0) is 11.1 Å². The lowest BCUT2D eigenvalue weighted by atomic mass is 10.1.